The molecule has 1 atom stereocenters. The van der Waals surface area contributed by atoms with E-state index in [1.807, 2.05) is 5.32 Å². The van der Waals surface area contributed by atoms with Crippen LogP contribution < -0.4 is 5.32 Å². The van der Waals surface area contributed by atoms with Crippen molar-refractivity contribution in [1.82, 2.24) is 5.32 Å². The molecular weight excluding hydrogens is 136 g/mol. The van der Waals surface area contributed by atoms with Crippen molar-refractivity contribution >= 4 is 17.6 Å². The van der Waals surface area contributed by atoms with Gasteiger partial charge in [-0.25, -0.2) is 4.79 Å². The van der Waals surface area contributed by atoms with Gasteiger partial charge in [-0.1, -0.05) is 0 Å². The zero-order chi connectivity index (χ0) is 7.72. The topological polar surface area (TPSA) is 78.8 Å². The van der Waals surface area contributed by atoms with E-state index in [-0.39, 0.29) is 5.71 Å². The molecule has 1 rings (SSSR count). The number of nitrogens with zero attached hydrogens (tertiary/aromatic N) is 1. The Morgan fingerprint density at radius 1 is 1.60 bits per heavy atom. The summed E-state index contributed by atoms with van der Waals surface area (Å²) in [4.78, 5) is 24.3. The summed E-state index contributed by atoms with van der Waals surface area (Å²) >= 11 is 0. The van der Waals surface area contributed by atoms with E-state index in [1.54, 1.807) is 0 Å². The minimum atomic E-state index is -1.27. The Morgan fingerprint density at radius 3 is 2.70 bits per heavy atom. The number of hydrogen-bond acceptors (Lipinski definition) is 3. The minimum Gasteiger partial charge on any atom is -0.377 e. The summed E-state index contributed by atoms with van der Waals surface area (Å²) in [5, 5.41) is 10.7. The lowest BCUT2D eigenvalue weighted by Gasteiger charge is -2.13. The highest BCUT2D eigenvalue weighted by molar-refractivity contribution is 6.17. The van der Waals surface area contributed by atoms with Crippen LogP contribution >= 0.6 is 0 Å². The molecule has 0 aromatic rings. The van der Waals surface area contributed by atoms with Crippen molar-refractivity contribution in [2.24, 2.45) is 4.99 Å². The number of carbonyl (C=O) groups excluding carboxylic acids is 2. The number of hydrogen-bond donors (Lipinski definition) is 2. The van der Waals surface area contributed by atoms with Crippen molar-refractivity contribution in [3.8, 4) is 0 Å². The molecule has 0 fully saturated rings. The largest absolute Gasteiger partial charge is 0.377 e. The SMILES string of the molecule is CC1=NC(=O)NC(=O)C1O. The molecule has 1 heterocycles. The van der Waals surface area contributed by atoms with Crippen LogP contribution in [-0.2, 0) is 4.79 Å². The van der Waals surface area contributed by atoms with Crippen molar-refractivity contribution in [1.29, 1.82) is 0 Å². The van der Waals surface area contributed by atoms with Gasteiger partial charge in [0.1, 0.15) is 0 Å². The molecule has 0 aliphatic carbocycles. The number of rotatable bonds is 0. The lowest BCUT2D eigenvalue weighted by atomic mass is 10.2. The van der Waals surface area contributed by atoms with Crippen molar-refractivity contribution in [3.05, 3.63) is 0 Å². The van der Waals surface area contributed by atoms with Crippen molar-refractivity contribution in [2.75, 3.05) is 0 Å². The van der Waals surface area contributed by atoms with Crippen LogP contribution in [0.5, 0.6) is 0 Å². The first-order chi connectivity index (χ1) is 4.61. The Kier molecular flexibility index (Phi) is 1.50. The third kappa shape index (κ3) is 1.03. The molecule has 1 aliphatic heterocycles. The Morgan fingerprint density at radius 2 is 2.20 bits per heavy atom. The number of urea groups is 1. The van der Waals surface area contributed by atoms with Gasteiger partial charge < -0.3 is 5.11 Å². The summed E-state index contributed by atoms with van der Waals surface area (Å²) in [5.41, 5.74) is 0.133. The summed E-state index contributed by atoms with van der Waals surface area (Å²) in [6.07, 6.45) is -1.27. The van der Waals surface area contributed by atoms with E-state index in [2.05, 4.69) is 4.99 Å². The molecule has 5 heteroatoms. The molecular formula is C5H6N2O3. The fourth-order valence-corrected chi connectivity index (χ4v) is 0.613. The standard InChI is InChI=1S/C5H6N2O3/c1-2-3(8)4(9)7-5(10)6-2/h3,8H,1H3,(H,7,9,10). The number of aliphatic hydroxyl groups is 1. The maximum atomic E-state index is 10.6. The van der Waals surface area contributed by atoms with Crippen LogP contribution in [0.4, 0.5) is 4.79 Å². The maximum absolute atomic E-state index is 10.6. The fraction of sp³-hybridized carbons (Fsp3) is 0.400. The Labute approximate surface area is 56.8 Å². The zero-order valence-electron chi connectivity index (χ0n) is 5.29. The van der Waals surface area contributed by atoms with Gasteiger partial charge in [0.25, 0.3) is 5.91 Å². The zero-order valence-corrected chi connectivity index (χ0v) is 5.29. The smallest absolute Gasteiger partial charge is 0.347 e. The molecule has 54 valence electrons. The molecule has 0 spiro atoms. The van der Waals surface area contributed by atoms with Crippen LogP contribution in [0, 0.1) is 0 Å². The monoisotopic (exact) mass is 142 g/mol. The number of aliphatic imine (C=N–C) groups is 1. The second-order valence-corrected chi connectivity index (χ2v) is 1.95. The average Bonchev–Trinajstić information content (AvgIpc) is 1.82. The van der Waals surface area contributed by atoms with Gasteiger partial charge in [-0.3, -0.25) is 10.1 Å². The molecule has 0 bridgehead atoms. The third-order valence-corrected chi connectivity index (χ3v) is 1.15. The fourth-order valence-electron chi connectivity index (χ4n) is 0.613. The first-order valence-corrected chi connectivity index (χ1v) is 2.69. The normalized spacial score (nSPS) is 25.8. The van der Waals surface area contributed by atoms with Crippen LogP contribution in [0.3, 0.4) is 0 Å². The molecule has 1 aliphatic rings. The molecule has 0 saturated carbocycles. The lowest BCUT2D eigenvalue weighted by Crippen LogP contribution is -2.45. The van der Waals surface area contributed by atoms with E-state index in [9.17, 15) is 9.59 Å². The van der Waals surface area contributed by atoms with Gasteiger partial charge in [-0.2, -0.15) is 4.99 Å². The van der Waals surface area contributed by atoms with E-state index < -0.39 is 18.0 Å². The van der Waals surface area contributed by atoms with Gasteiger partial charge in [0.15, 0.2) is 6.10 Å². The summed E-state index contributed by atoms with van der Waals surface area (Å²) < 4.78 is 0. The summed E-state index contributed by atoms with van der Waals surface area (Å²) in [6.45, 7) is 1.42. The molecule has 2 N–H and O–H groups in total. The van der Waals surface area contributed by atoms with Gasteiger partial charge >= 0.3 is 6.03 Å². The van der Waals surface area contributed by atoms with Crippen LogP contribution in [0.25, 0.3) is 0 Å². The first-order valence-electron chi connectivity index (χ1n) is 2.69. The Bertz CT molecular complexity index is 221. The molecule has 5 nitrogen and oxygen atoms in total. The van der Waals surface area contributed by atoms with E-state index >= 15 is 0 Å². The maximum Gasteiger partial charge on any atom is 0.347 e. The first kappa shape index (κ1) is 6.88. The van der Waals surface area contributed by atoms with E-state index in [1.165, 1.54) is 6.92 Å². The van der Waals surface area contributed by atoms with Crippen LogP contribution in [0.15, 0.2) is 4.99 Å². The van der Waals surface area contributed by atoms with E-state index in [0.29, 0.717) is 0 Å². The highest BCUT2D eigenvalue weighted by Gasteiger charge is 2.25. The molecule has 0 radical (unpaired) electrons. The predicted octanol–water partition coefficient (Wildman–Crippen LogP) is -0.942. The Balaban J connectivity index is 2.91. The summed E-state index contributed by atoms with van der Waals surface area (Å²) in [6, 6.07) is -0.715. The van der Waals surface area contributed by atoms with Gasteiger partial charge in [0.2, 0.25) is 0 Å². The number of carbonyl (C=O) groups is 2. The number of aliphatic hydroxyl groups excluding tert-OH is 1. The molecule has 0 aromatic heterocycles. The minimum absolute atomic E-state index is 0.133. The van der Waals surface area contributed by atoms with Gasteiger partial charge in [-0.05, 0) is 6.92 Å². The quantitative estimate of drug-likeness (QED) is 0.458. The van der Waals surface area contributed by atoms with Crippen molar-refractivity contribution in [2.45, 2.75) is 13.0 Å². The molecule has 3 amide bonds. The van der Waals surface area contributed by atoms with E-state index in [0.717, 1.165) is 0 Å². The summed E-state index contributed by atoms with van der Waals surface area (Å²) in [5.74, 6) is -0.711. The van der Waals surface area contributed by atoms with Gasteiger partial charge in [-0.15, -0.1) is 0 Å². The van der Waals surface area contributed by atoms with Gasteiger partial charge in [0, 0.05) is 0 Å². The highest BCUT2D eigenvalue weighted by atomic mass is 16.3. The number of imide groups is 1. The van der Waals surface area contributed by atoms with Crippen LogP contribution in [-0.4, -0.2) is 28.9 Å². The van der Waals surface area contributed by atoms with Crippen molar-refractivity contribution < 1.29 is 14.7 Å². The Hall–Kier alpha value is -1.23. The van der Waals surface area contributed by atoms with Crippen LogP contribution in [0.1, 0.15) is 6.92 Å². The van der Waals surface area contributed by atoms with Gasteiger partial charge in [0.05, 0.1) is 5.71 Å². The predicted molar refractivity (Wildman–Crippen MR) is 32.7 cm³/mol. The molecule has 0 aromatic carbocycles. The number of amides is 3. The molecule has 0 saturated heterocycles. The average molecular weight is 142 g/mol. The highest BCUT2D eigenvalue weighted by Crippen LogP contribution is 1.95. The molecule has 10 heavy (non-hydrogen) atoms. The van der Waals surface area contributed by atoms with Crippen LogP contribution in [0.2, 0.25) is 0 Å². The summed E-state index contributed by atoms with van der Waals surface area (Å²) in [7, 11) is 0. The molecule has 1 unspecified atom stereocenters. The lowest BCUT2D eigenvalue weighted by molar-refractivity contribution is -0.125. The second kappa shape index (κ2) is 2.18. The third-order valence-electron chi connectivity index (χ3n) is 1.15. The number of nitrogens with one attached hydrogen (secondary N) is 1. The second-order valence-electron chi connectivity index (χ2n) is 1.95. The van der Waals surface area contributed by atoms with E-state index in [4.69, 9.17) is 5.11 Å². The van der Waals surface area contributed by atoms with Crippen molar-refractivity contribution in [3.63, 3.8) is 0 Å².